The molecule has 0 radical (unpaired) electrons. The topological polar surface area (TPSA) is 61.8 Å². The Balaban J connectivity index is 1.23. The second-order valence-corrected chi connectivity index (χ2v) is 12.3. The first-order chi connectivity index (χ1) is 24.7. The van der Waals surface area contributed by atoms with E-state index in [0.717, 1.165) is 66.5 Å². The smallest absolute Gasteiger partial charge is 0.196 e. The van der Waals surface area contributed by atoms with Gasteiger partial charge >= 0.3 is 0 Å². The van der Waals surface area contributed by atoms with Gasteiger partial charge < -0.3 is 9.13 Å². The molecular formula is C45H25N5. The number of hydrogen-bond donors (Lipinski definition) is 0. The molecule has 230 valence electrons. The summed E-state index contributed by atoms with van der Waals surface area (Å²) in [6, 6.07) is 55.5. The average molecular weight is 636 g/mol. The molecular weight excluding hydrogens is 611 g/mol. The first kappa shape index (κ1) is 28.8. The number of fused-ring (bicyclic) bond motifs is 6. The zero-order valence-electron chi connectivity index (χ0n) is 26.7. The van der Waals surface area contributed by atoms with Crippen LogP contribution in [0.25, 0.3) is 82.1 Å². The van der Waals surface area contributed by atoms with Gasteiger partial charge in [-0.25, -0.2) is 4.85 Å². The SMILES string of the molecule is [C-]#[N+]c1cc(C#N)c(-c2ccc(-n3c4ccccc4c4ccccc43)cc2)cc1-c1ccccc1-n1c2ccccc2c2cc(C#N)ccc21. The van der Waals surface area contributed by atoms with Gasteiger partial charge in [-0.05, 0) is 82.9 Å². The summed E-state index contributed by atoms with van der Waals surface area (Å²) in [5.74, 6) is 0. The summed E-state index contributed by atoms with van der Waals surface area (Å²) < 4.78 is 4.47. The molecule has 0 fully saturated rings. The molecule has 50 heavy (non-hydrogen) atoms. The van der Waals surface area contributed by atoms with Gasteiger partial charge in [-0.1, -0.05) is 91.0 Å². The van der Waals surface area contributed by atoms with Crippen molar-refractivity contribution in [3.63, 3.8) is 0 Å². The average Bonchev–Trinajstić information content (AvgIpc) is 3.70. The zero-order valence-corrected chi connectivity index (χ0v) is 26.7. The summed E-state index contributed by atoms with van der Waals surface area (Å²) in [6.07, 6.45) is 0. The summed E-state index contributed by atoms with van der Waals surface area (Å²) in [5.41, 5.74) is 10.9. The molecule has 0 unspecified atom stereocenters. The van der Waals surface area contributed by atoms with Gasteiger partial charge in [-0.15, -0.1) is 0 Å². The predicted octanol–water partition coefficient (Wildman–Crippen LogP) is 11.5. The fourth-order valence-corrected chi connectivity index (χ4v) is 7.42. The van der Waals surface area contributed by atoms with E-state index in [0.29, 0.717) is 16.8 Å². The Morgan fingerprint density at radius 3 is 1.70 bits per heavy atom. The molecule has 9 aromatic rings. The van der Waals surface area contributed by atoms with Crippen molar-refractivity contribution in [1.82, 2.24) is 9.13 Å². The fourth-order valence-electron chi connectivity index (χ4n) is 7.42. The number of nitrogens with zero attached hydrogens (tertiary/aromatic N) is 5. The van der Waals surface area contributed by atoms with Crippen LogP contribution < -0.4 is 0 Å². The Labute approximate surface area is 288 Å². The van der Waals surface area contributed by atoms with Gasteiger partial charge in [-0.2, -0.15) is 10.5 Å². The van der Waals surface area contributed by atoms with E-state index in [1.807, 2.05) is 54.6 Å². The van der Waals surface area contributed by atoms with Gasteiger partial charge in [0, 0.05) is 32.8 Å². The maximum absolute atomic E-state index is 10.3. The van der Waals surface area contributed by atoms with E-state index in [1.165, 1.54) is 10.8 Å². The molecule has 9 rings (SSSR count). The molecule has 0 aliphatic carbocycles. The molecule has 0 saturated heterocycles. The van der Waals surface area contributed by atoms with Gasteiger partial charge in [0.25, 0.3) is 0 Å². The Morgan fingerprint density at radius 2 is 1.06 bits per heavy atom. The number of nitriles is 2. The number of rotatable bonds is 4. The first-order valence-electron chi connectivity index (χ1n) is 16.3. The van der Waals surface area contributed by atoms with E-state index in [1.54, 1.807) is 6.07 Å². The van der Waals surface area contributed by atoms with Crippen LogP contribution in [0.5, 0.6) is 0 Å². The van der Waals surface area contributed by atoms with Crippen LogP contribution in [0.4, 0.5) is 5.69 Å². The Kier molecular flexibility index (Phi) is 6.56. The van der Waals surface area contributed by atoms with Crippen molar-refractivity contribution in [2.24, 2.45) is 0 Å². The van der Waals surface area contributed by atoms with E-state index in [9.17, 15) is 10.5 Å². The molecule has 0 aliphatic rings. The van der Waals surface area contributed by atoms with E-state index in [4.69, 9.17) is 6.57 Å². The van der Waals surface area contributed by atoms with Crippen LogP contribution in [-0.4, -0.2) is 9.13 Å². The van der Waals surface area contributed by atoms with Crippen molar-refractivity contribution >= 4 is 49.3 Å². The normalized spacial score (nSPS) is 11.1. The monoisotopic (exact) mass is 635 g/mol. The Morgan fingerprint density at radius 1 is 0.480 bits per heavy atom. The van der Waals surface area contributed by atoms with Crippen LogP contribution in [0.2, 0.25) is 0 Å². The van der Waals surface area contributed by atoms with Crippen LogP contribution in [0.3, 0.4) is 0 Å². The lowest BCUT2D eigenvalue weighted by Gasteiger charge is -2.17. The second-order valence-electron chi connectivity index (χ2n) is 12.3. The van der Waals surface area contributed by atoms with E-state index < -0.39 is 0 Å². The van der Waals surface area contributed by atoms with Crippen LogP contribution >= 0.6 is 0 Å². The molecule has 5 heteroatoms. The highest BCUT2D eigenvalue weighted by Crippen LogP contribution is 2.42. The first-order valence-corrected chi connectivity index (χ1v) is 16.3. The number of aromatic nitrogens is 2. The zero-order chi connectivity index (χ0) is 33.8. The van der Waals surface area contributed by atoms with Crippen molar-refractivity contribution in [3.8, 4) is 45.8 Å². The molecule has 2 aromatic heterocycles. The molecule has 0 amide bonds. The summed E-state index contributed by atoms with van der Waals surface area (Å²) in [7, 11) is 0. The lowest BCUT2D eigenvalue weighted by atomic mass is 9.92. The van der Waals surface area contributed by atoms with Gasteiger partial charge in [0.2, 0.25) is 0 Å². The molecule has 7 aromatic carbocycles. The van der Waals surface area contributed by atoms with Crippen LogP contribution in [0.15, 0.2) is 152 Å². The van der Waals surface area contributed by atoms with Crippen LogP contribution in [0.1, 0.15) is 11.1 Å². The highest BCUT2D eigenvalue weighted by molar-refractivity contribution is 6.11. The van der Waals surface area contributed by atoms with Gasteiger partial charge in [0.1, 0.15) is 0 Å². The number of benzene rings is 7. The van der Waals surface area contributed by atoms with Crippen molar-refractivity contribution in [2.75, 3.05) is 0 Å². The fraction of sp³-hybridized carbons (Fsp3) is 0. The Hall–Kier alpha value is -7.39. The Bertz CT molecular complexity index is 2900. The summed E-state index contributed by atoms with van der Waals surface area (Å²) in [6.45, 7) is 8.15. The van der Waals surface area contributed by atoms with Crippen LogP contribution in [-0.2, 0) is 0 Å². The largest absolute Gasteiger partial charge is 0.309 e. The third-order valence-electron chi connectivity index (χ3n) is 9.63. The summed E-state index contributed by atoms with van der Waals surface area (Å²) in [4.78, 5) is 3.92. The minimum atomic E-state index is 0.409. The number of para-hydroxylation sites is 4. The molecule has 0 saturated carbocycles. The molecule has 5 nitrogen and oxygen atoms in total. The van der Waals surface area contributed by atoms with Crippen molar-refractivity contribution in [3.05, 3.63) is 174 Å². The minimum absolute atomic E-state index is 0.409. The lowest BCUT2D eigenvalue weighted by molar-refractivity contribution is 1.18. The van der Waals surface area contributed by atoms with Crippen molar-refractivity contribution in [1.29, 1.82) is 10.5 Å². The summed E-state index contributed by atoms with van der Waals surface area (Å²) in [5, 5.41) is 24.4. The molecule has 0 spiro atoms. The van der Waals surface area contributed by atoms with E-state index in [2.05, 4.69) is 117 Å². The highest BCUT2D eigenvalue weighted by atomic mass is 15.0. The lowest BCUT2D eigenvalue weighted by Crippen LogP contribution is -1.98. The van der Waals surface area contributed by atoms with Gasteiger partial charge in [-0.3, -0.25) is 0 Å². The van der Waals surface area contributed by atoms with Crippen molar-refractivity contribution in [2.45, 2.75) is 0 Å². The molecule has 2 heterocycles. The molecule has 0 N–H and O–H groups in total. The maximum Gasteiger partial charge on any atom is 0.196 e. The quantitative estimate of drug-likeness (QED) is 0.181. The van der Waals surface area contributed by atoms with Gasteiger partial charge in [0.05, 0.1) is 52.0 Å². The second kappa shape index (κ2) is 11.4. The van der Waals surface area contributed by atoms with Gasteiger partial charge in [0.15, 0.2) is 5.69 Å². The molecule has 0 bridgehead atoms. The highest BCUT2D eigenvalue weighted by Gasteiger charge is 2.20. The van der Waals surface area contributed by atoms with E-state index in [-0.39, 0.29) is 0 Å². The third-order valence-corrected chi connectivity index (χ3v) is 9.63. The van der Waals surface area contributed by atoms with Crippen LogP contribution in [0, 0.1) is 29.2 Å². The third kappa shape index (κ3) is 4.31. The number of hydrogen-bond acceptors (Lipinski definition) is 2. The molecule has 0 atom stereocenters. The van der Waals surface area contributed by atoms with Crippen molar-refractivity contribution < 1.29 is 0 Å². The maximum atomic E-state index is 10.3. The predicted molar refractivity (Wildman–Crippen MR) is 202 cm³/mol. The minimum Gasteiger partial charge on any atom is -0.309 e. The standard InChI is InChI=1S/C45H25N5/c1-48-40-25-31(28-47)37(30-19-21-32(22-20-30)49-41-14-6-2-10-33(41)34-11-3-7-15-42(34)49)26-38(40)35-12-4-8-16-43(35)50-44-17-9-5-13-36(44)39-24-29(27-46)18-23-45(39)50/h2-26H. The summed E-state index contributed by atoms with van der Waals surface area (Å²) >= 11 is 0. The molecule has 0 aliphatic heterocycles. The van der Waals surface area contributed by atoms with E-state index >= 15 is 0 Å².